The van der Waals surface area contributed by atoms with Crippen LogP contribution in [0.1, 0.15) is 36.2 Å². The summed E-state index contributed by atoms with van der Waals surface area (Å²) in [6.45, 7) is 7.24. The van der Waals surface area contributed by atoms with Crippen molar-refractivity contribution in [3.05, 3.63) is 53.6 Å². The molecule has 7 heteroatoms. The lowest BCUT2D eigenvalue weighted by atomic mass is 10.0. The van der Waals surface area contributed by atoms with Gasteiger partial charge in [0.2, 0.25) is 0 Å². The van der Waals surface area contributed by atoms with Gasteiger partial charge in [-0.15, -0.1) is 0 Å². The smallest absolute Gasteiger partial charge is 0.416 e. The van der Waals surface area contributed by atoms with E-state index in [0.717, 1.165) is 31.6 Å². The number of hydrogen-bond acceptors (Lipinski definition) is 3. The first-order chi connectivity index (χ1) is 14.3. The zero-order valence-electron chi connectivity index (χ0n) is 17.1. The Hall–Kier alpha value is -2.54. The van der Waals surface area contributed by atoms with Gasteiger partial charge < -0.3 is 9.64 Å². The SMILES string of the molecule is CCN(CC)C1CC2COc3ccc(-c4ccc(C(F)(F)F)cc4)cc3C(=O)N2C1. The van der Waals surface area contributed by atoms with Crippen LogP contribution in [0.3, 0.4) is 0 Å². The Morgan fingerprint density at radius 3 is 2.37 bits per heavy atom. The van der Waals surface area contributed by atoms with Crippen molar-refractivity contribution in [1.29, 1.82) is 0 Å². The van der Waals surface area contributed by atoms with Crippen LogP contribution >= 0.6 is 0 Å². The molecule has 2 aromatic rings. The highest BCUT2D eigenvalue weighted by molar-refractivity contribution is 5.99. The molecule has 0 radical (unpaired) electrons. The van der Waals surface area contributed by atoms with Crippen LogP contribution in [0.25, 0.3) is 11.1 Å². The van der Waals surface area contributed by atoms with E-state index in [4.69, 9.17) is 4.74 Å². The minimum absolute atomic E-state index is 0.0324. The van der Waals surface area contributed by atoms with Gasteiger partial charge in [-0.2, -0.15) is 13.2 Å². The van der Waals surface area contributed by atoms with Crippen molar-refractivity contribution >= 4 is 5.91 Å². The molecule has 0 spiro atoms. The molecule has 2 aliphatic heterocycles. The van der Waals surface area contributed by atoms with Crippen LogP contribution in [0, 0.1) is 0 Å². The number of carbonyl (C=O) groups excluding carboxylic acids is 1. The van der Waals surface area contributed by atoms with E-state index in [1.807, 2.05) is 4.90 Å². The van der Waals surface area contributed by atoms with E-state index in [0.29, 0.717) is 41.6 Å². The maximum atomic E-state index is 13.3. The average molecular weight is 418 g/mol. The molecular formula is C23H25F3N2O2. The van der Waals surface area contributed by atoms with E-state index < -0.39 is 11.7 Å². The fraction of sp³-hybridized carbons (Fsp3) is 0.435. The summed E-state index contributed by atoms with van der Waals surface area (Å²) in [4.78, 5) is 17.6. The molecule has 2 aromatic carbocycles. The number of hydrogen-bond donors (Lipinski definition) is 0. The Morgan fingerprint density at radius 2 is 1.73 bits per heavy atom. The van der Waals surface area contributed by atoms with Gasteiger partial charge in [-0.25, -0.2) is 0 Å². The number of nitrogens with zero attached hydrogens (tertiary/aromatic N) is 2. The van der Waals surface area contributed by atoms with Crippen molar-refractivity contribution in [3.63, 3.8) is 0 Å². The van der Waals surface area contributed by atoms with Crippen molar-refractivity contribution in [2.24, 2.45) is 0 Å². The van der Waals surface area contributed by atoms with Crippen molar-refractivity contribution in [3.8, 4) is 16.9 Å². The first-order valence-electron chi connectivity index (χ1n) is 10.3. The molecule has 0 aromatic heterocycles. The Bertz CT molecular complexity index is 923. The van der Waals surface area contributed by atoms with Gasteiger partial charge in [-0.1, -0.05) is 32.0 Å². The number of halogens is 3. The number of ether oxygens (including phenoxy) is 1. The molecule has 1 saturated heterocycles. The van der Waals surface area contributed by atoms with E-state index >= 15 is 0 Å². The Kier molecular flexibility index (Phi) is 5.49. The highest BCUT2D eigenvalue weighted by Gasteiger charge is 2.40. The third-order valence-corrected chi connectivity index (χ3v) is 6.17. The normalized spacial score (nSPS) is 21.3. The summed E-state index contributed by atoms with van der Waals surface area (Å²) >= 11 is 0. The molecule has 2 heterocycles. The predicted octanol–water partition coefficient (Wildman–Crippen LogP) is 4.69. The Labute approximate surface area is 174 Å². The largest absolute Gasteiger partial charge is 0.491 e. The molecule has 1 amide bonds. The number of rotatable bonds is 4. The summed E-state index contributed by atoms with van der Waals surface area (Å²) in [6.07, 6.45) is -3.49. The minimum atomic E-state index is -4.37. The van der Waals surface area contributed by atoms with Gasteiger partial charge in [-0.3, -0.25) is 9.69 Å². The number of fused-ring (bicyclic) bond motifs is 2. The Morgan fingerprint density at radius 1 is 1.07 bits per heavy atom. The minimum Gasteiger partial charge on any atom is -0.491 e. The third kappa shape index (κ3) is 3.78. The van der Waals surface area contributed by atoms with Crippen LogP contribution in [-0.2, 0) is 6.18 Å². The van der Waals surface area contributed by atoms with Crippen LogP contribution in [0.15, 0.2) is 42.5 Å². The van der Waals surface area contributed by atoms with E-state index in [1.165, 1.54) is 12.1 Å². The summed E-state index contributed by atoms with van der Waals surface area (Å²) in [5.74, 6) is 0.459. The average Bonchev–Trinajstić information content (AvgIpc) is 3.11. The summed E-state index contributed by atoms with van der Waals surface area (Å²) < 4.78 is 44.5. The molecule has 30 heavy (non-hydrogen) atoms. The second-order valence-electron chi connectivity index (χ2n) is 7.82. The van der Waals surface area contributed by atoms with Gasteiger partial charge in [0.15, 0.2) is 0 Å². The van der Waals surface area contributed by atoms with Crippen LogP contribution in [-0.4, -0.2) is 54.0 Å². The maximum Gasteiger partial charge on any atom is 0.416 e. The highest BCUT2D eigenvalue weighted by Crippen LogP contribution is 2.35. The van der Waals surface area contributed by atoms with Crippen molar-refractivity contribution in [2.75, 3.05) is 26.2 Å². The zero-order valence-corrected chi connectivity index (χ0v) is 17.1. The van der Waals surface area contributed by atoms with E-state index in [2.05, 4.69) is 18.7 Å². The molecule has 0 bridgehead atoms. The quantitative estimate of drug-likeness (QED) is 0.722. The van der Waals surface area contributed by atoms with Crippen molar-refractivity contribution in [1.82, 2.24) is 9.80 Å². The topological polar surface area (TPSA) is 32.8 Å². The van der Waals surface area contributed by atoms with Gasteiger partial charge in [0.1, 0.15) is 12.4 Å². The lowest BCUT2D eigenvalue weighted by molar-refractivity contribution is -0.137. The maximum absolute atomic E-state index is 13.3. The number of amides is 1. The van der Waals surface area contributed by atoms with E-state index in [1.54, 1.807) is 18.2 Å². The highest BCUT2D eigenvalue weighted by atomic mass is 19.4. The summed E-state index contributed by atoms with van der Waals surface area (Å²) in [6, 6.07) is 10.6. The molecule has 4 rings (SSSR count). The van der Waals surface area contributed by atoms with Crippen molar-refractivity contribution in [2.45, 2.75) is 38.5 Å². The molecule has 2 unspecified atom stereocenters. The first kappa shape index (κ1) is 20.7. The van der Waals surface area contributed by atoms with Gasteiger partial charge in [-0.05, 0) is 54.9 Å². The molecular weight excluding hydrogens is 393 g/mol. The monoisotopic (exact) mass is 418 g/mol. The molecule has 0 N–H and O–H groups in total. The van der Waals surface area contributed by atoms with Crippen molar-refractivity contribution < 1.29 is 22.7 Å². The summed E-state index contributed by atoms with van der Waals surface area (Å²) in [5, 5.41) is 0. The fourth-order valence-corrected chi connectivity index (χ4v) is 4.50. The predicted molar refractivity (Wildman–Crippen MR) is 109 cm³/mol. The zero-order chi connectivity index (χ0) is 21.5. The number of alkyl halides is 3. The third-order valence-electron chi connectivity index (χ3n) is 6.17. The molecule has 0 saturated carbocycles. The van der Waals surface area contributed by atoms with Gasteiger partial charge in [0.25, 0.3) is 5.91 Å². The molecule has 2 aliphatic rings. The first-order valence-corrected chi connectivity index (χ1v) is 10.3. The van der Waals surface area contributed by atoms with Crippen LogP contribution < -0.4 is 4.74 Å². The molecule has 0 aliphatic carbocycles. The number of benzene rings is 2. The number of likely N-dealkylation sites (N-methyl/N-ethyl adjacent to an activating group) is 1. The molecule has 2 atom stereocenters. The summed E-state index contributed by atoms with van der Waals surface area (Å²) in [7, 11) is 0. The molecule has 1 fully saturated rings. The van der Waals surface area contributed by atoms with E-state index in [9.17, 15) is 18.0 Å². The van der Waals surface area contributed by atoms with Gasteiger partial charge >= 0.3 is 6.18 Å². The second-order valence-corrected chi connectivity index (χ2v) is 7.82. The standard InChI is InChI=1S/C23H25F3N2O2/c1-3-27(4-2)18-12-19-14-30-21-10-7-16(11-20(21)22(29)28(19)13-18)15-5-8-17(9-6-15)23(24,25)26/h5-11,18-19H,3-4,12-14H2,1-2H3. The molecule has 4 nitrogen and oxygen atoms in total. The lowest BCUT2D eigenvalue weighted by Gasteiger charge is -2.26. The van der Waals surface area contributed by atoms with E-state index in [-0.39, 0.29) is 11.9 Å². The molecule has 160 valence electrons. The second kappa shape index (κ2) is 7.95. The van der Waals surface area contributed by atoms with Crippen LogP contribution in [0.5, 0.6) is 5.75 Å². The summed E-state index contributed by atoms with van der Waals surface area (Å²) in [5.41, 5.74) is 1.09. The van der Waals surface area contributed by atoms with Gasteiger partial charge in [0, 0.05) is 12.6 Å². The Balaban J connectivity index is 1.61. The lowest BCUT2D eigenvalue weighted by Crippen LogP contribution is -2.39. The fourth-order valence-electron chi connectivity index (χ4n) is 4.50. The van der Waals surface area contributed by atoms with Crippen LogP contribution in [0.4, 0.5) is 13.2 Å². The number of carbonyl (C=O) groups is 1. The van der Waals surface area contributed by atoms with Gasteiger partial charge in [0.05, 0.1) is 17.2 Å². The van der Waals surface area contributed by atoms with Crippen LogP contribution in [0.2, 0.25) is 0 Å².